The van der Waals surface area contributed by atoms with E-state index in [-0.39, 0.29) is 31.1 Å². The monoisotopic (exact) mass is 1050 g/mol. The highest BCUT2D eigenvalue weighted by atomic mass is 16.6. The Hall–Kier alpha value is -2.89. The van der Waals surface area contributed by atoms with Gasteiger partial charge in [-0.2, -0.15) is 0 Å². The number of carbonyl (C=O) groups excluding carboxylic acids is 3. The van der Waals surface area contributed by atoms with Crippen LogP contribution in [0.4, 0.5) is 0 Å². The van der Waals surface area contributed by atoms with Crippen LogP contribution in [-0.4, -0.2) is 37.2 Å². The van der Waals surface area contributed by atoms with E-state index in [1.54, 1.807) is 0 Å². The van der Waals surface area contributed by atoms with Crippen LogP contribution in [0.15, 0.2) is 60.8 Å². The van der Waals surface area contributed by atoms with Gasteiger partial charge in [0.1, 0.15) is 13.2 Å². The first kappa shape index (κ1) is 72.1. The zero-order chi connectivity index (χ0) is 54.3. The quantitative estimate of drug-likeness (QED) is 0.0261. The smallest absolute Gasteiger partial charge is 0.306 e. The van der Waals surface area contributed by atoms with Gasteiger partial charge in [0, 0.05) is 19.3 Å². The van der Waals surface area contributed by atoms with Gasteiger partial charge < -0.3 is 14.2 Å². The Morgan fingerprint density at radius 3 is 0.760 bits per heavy atom. The Labute approximate surface area is 466 Å². The van der Waals surface area contributed by atoms with E-state index in [1.165, 1.54) is 218 Å². The molecule has 0 heterocycles. The van der Waals surface area contributed by atoms with E-state index in [0.29, 0.717) is 19.3 Å². The lowest BCUT2D eigenvalue weighted by Gasteiger charge is -2.18. The number of hydrogen-bond acceptors (Lipinski definition) is 6. The summed E-state index contributed by atoms with van der Waals surface area (Å²) in [6.45, 7) is 6.63. The van der Waals surface area contributed by atoms with Gasteiger partial charge in [-0.25, -0.2) is 0 Å². The van der Waals surface area contributed by atoms with Crippen molar-refractivity contribution in [3.8, 4) is 0 Å². The van der Waals surface area contributed by atoms with Crippen LogP contribution in [0.2, 0.25) is 0 Å². The molecule has 0 amide bonds. The van der Waals surface area contributed by atoms with E-state index in [2.05, 4.69) is 81.5 Å². The molecule has 0 saturated carbocycles. The minimum absolute atomic E-state index is 0.0740. The highest BCUT2D eigenvalue weighted by Crippen LogP contribution is 2.17. The van der Waals surface area contributed by atoms with Gasteiger partial charge in [0.25, 0.3) is 0 Å². The number of esters is 3. The van der Waals surface area contributed by atoms with Crippen LogP contribution < -0.4 is 0 Å². The molecule has 1 unspecified atom stereocenters. The molecule has 75 heavy (non-hydrogen) atoms. The van der Waals surface area contributed by atoms with Gasteiger partial charge in [0.05, 0.1) is 0 Å². The van der Waals surface area contributed by atoms with E-state index >= 15 is 0 Å². The van der Waals surface area contributed by atoms with Crippen molar-refractivity contribution >= 4 is 17.9 Å². The molecule has 0 aliphatic carbocycles. The lowest BCUT2D eigenvalue weighted by atomic mass is 10.0. The van der Waals surface area contributed by atoms with Gasteiger partial charge in [0.15, 0.2) is 6.10 Å². The molecule has 0 aromatic heterocycles. The van der Waals surface area contributed by atoms with Crippen LogP contribution in [0.25, 0.3) is 0 Å². The zero-order valence-electron chi connectivity index (χ0n) is 50.1. The third-order valence-electron chi connectivity index (χ3n) is 14.5. The first-order valence-electron chi connectivity index (χ1n) is 32.8. The van der Waals surface area contributed by atoms with Crippen molar-refractivity contribution in [1.82, 2.24) is 0 Å². The maximum absolute atomic E-state index is 12.9. The molecular weight excluding hydrogens is 925 g/mol. The van der Waals surface area contributed by atoms with Crippen molar-refractivity contribution in [3.05, 3.63) is 60.8 Å². The van der Waals surface area contributed by atoms with Crippen LogP contribution in [0.5, 0.6) is 0 Å². The van der Waals surface area contributed by atoms with E-state index in [1.807, 2.05) is 0 Å². The Bertz CT molecular complexity index is 1340. The molecule has 0 spiro atoms. The minimum Gasteiger partial charge on any atom is -0.462 e. The summed E-state index contributed by atoms with van der Waals surface area (Å²) in [7, 11) is 0. The Morgan fingerprint density at radius 2 is 0.480 bits per heavy atom. The lowest BCUT2D eigenvalue weighted by Crippen LogP contribution is -2.30. The van der Waals surface area contributed by atoms with Crippen molar-refractivity contribution in [3.63, 3.8) is 0 Å². The molecule has 6 nitrogen and oxygen atoms in total. The molecule has 0 aliphatic rings. The van der Waals surface area contributed by atoms with Crippen LogP contribution in [-0.2, 0) is 28.6 Å². The lowest BCUT2D eigenvalue weighted by molar-refractivity contribution is -0.167. The van der Waals surface area contributed by atoms with Gasteiger partial charge in [-0.15, -0.1) is 0 Å². The second kappa shape index (κ2) is 63.6. The van der Waals surface area contributed by atoms with Crippen molar-refractivity contribution < 1.29 is 28.6 Å². The Morgan fingerprint density at radius 1 is 0.267 bits per heavy atom. The number of rotatable bonds is 60. The molecule has 0 fully saturated rings. The largest absolute Gasteiger partial charge is 0.462 e. The maximum Gasteiger partial charge on any atom is 0.306 e. The Balaban J connectivity index is 4.17. The number of hydrogen-bond donors (Lipinski definition) is 0. The first-order chi connectivity index (χ1) is 37.0. The number of ether oxygens (including phenoxy) is 3. The number of unbranched alkanes of at least 4 members (excludes halogenated alkanes) is 39. The summed E-state index contributed by atoms with van der Waals surface area (Å²) in [6.07, 6.45) is 81.0. The second-order valence-electron chi connectivity index (χ2n) is 22.0. The molecule has 0 aromatic carbocycles. The number of allylic oxidation sites excluding steroid dienone is 10. The Kier molecular flexibility index (Phi) is 61.2. The summed E-state index contributed by atoms with van der Waals surface area (Å²) in [5.74, 6) is -0.867. The highest BCUT2D eigenvalue weighted by Gasteiger charge is 2.19. The fourth-order valence-corrected chi connectivity index (χ4v) is 9.54. The topological polar surface area (TPSA) is 78.9 Å². The van der Waals surface area contributed by atoms with Crippen molar-refractivity contribution in [2.75, 3.05) is 13.2 Å². The van der Waals surface area contributed by atoms with Gasteiger partial charge in [0.2, 0.25) is 0 Å². The molecule has 436 valence electrons. The molecule has 1 atom stereocenters. The molecule has 0 saturated heterocycles. The average molecular weight is 1050 g/mol. The van der Waals surface area contributed by atoms with Crippen LogP contribution in [0.3, 0.4) is 0 Å². The molecule has 0 N–H and O–H groups in total. The van der Waals surface area contributed by atoms with E-state index in [9.17, 15) is 14.4 Å². The van der Waals surface area contributed by atoms with E-state index in [4.69, 9.17) is 14.2 Å². The minimum atomic E-state index is -0.776. The van der Waals surface area contributed by atoms with Crippen LogP contribution in [0, 0.1) is 0 Å². The van der Waals surface area contributed by atoms with E-state index < -0.39 is 6.10 Å². The summed E-state index contributed by atoms with van der Waals surface area (Å²) in [5.41, 5.74) is 0. The third kappa shape index (κ3) is 61.8. The van der Waals surface area contributed by atoms with Crippen LogP contribution >= 0.6 is 0 Å². The molecular formula is C69H124O6. The second-order valence-corrected chi connectivity index (χ2v) is 22.0. The average Bonchev–Trinajstić information content (AvgIpc) is 3.41. The van der Waals surface area contributed by atoms with Crippen molar-refractivity contribution in [2.45, 2.75) is 348 Å². The van der Waals surface area contributed by atoms with E-state index in [0.717, 1.165) is 83.5 Å². The summed E-state index contributed by atoms with van der Waals surface area (Å²) in [5, 5.41) is 0. The predicted octanol–water partition coefficient (Wildman–Crippen LogP) is 22.3. The summed E-state index contributed by atoms with van der Waals surface area (Å²) in [6, 6.07) is 0. The number of carbonyl (C=O) groups is 3. The fourth-order valence-electron chi connectivity index (χ4n) is 9.54. The first-order valence-corrected chi connectivity index (χ1v) is 32.8. The molecule has 0 aliphatic heterocycles. The van der Waals surface area contributed by atoms with Gasteiger partial charge in [-0.05, 0) is 89.9 Å². The van der Waals surface area contributed by atoms with Crippen LogP contribution in [0.1, 0.15) is 342 Å². The maximum atomic E-state index is 12.9. The molecule has 0 radical (unpaired) electrons. The summed E-state index contributed by atoms with van der Waals surface area (Å²) >= 11 is 0. The standard InChI is InChI=1S/C69H124O6/c1-4-7-10-13-16-19-22-24-26-28-30-31-32-33-34-35-36-37-38-39-40-42-43-45-47-50-53-56-59-62-68(71)74-65-66(64-73-67(70)61-58-55-52-49-21-18-15-12-9-6-3)75-69(72)63-60-57-54-51-48-46-44-41-29-27-25-23-20-17-14-11-8-5-2/h20,22-24,27-30,32-33,66H,4-19,21,25-26,31,34-65H2,1-3H3/b23-20-,24-22-,29-27-,30-28-,33-32-. The van der Waals surface area contributed by atoms with Crippen molar-refractivity contribution in [1.29, 1.82) is 0 Å². The van der Waals surface area contributed by atoms with Gasteiger partial charge in [-0.1, -0.05) is 293 Å². The summed E-state index contributed by atoms with van der Waals surface area (Å²) < 4.78 is 16.9. The molecule has 6 heteroatoms. The molecule has 0 bridgehead atoms. The normalized spacial score (nSPS) is 12.4. The third-order valence-corrected chi connectivity index (χ3v) is 14.5. The SMILES string of the molecule is CCCCCC/C=C\C/C=C\CCCCCCCCCC(=O)OC(COC(=O)CCCCCCCCCCCC)COC(=O)CCCCCCCCCCCCCCCC/C=C\C/C=C\C/C=C\CCCCCCC. The zero-order valence-corrected chi connectivity index (χ0v) is 50.1. The fraction of sp³-hybridized carbons (Fsp3) is 0.812. The molecule has 0 rings (SSSR count). The van der Waals surface area contributed by atoms with Crippen molar-refractivity contribution in [2.24, 2.45) is 0 Å². The van der Waals surface area contributed by atoms with Gasteiger partial charge in [-0.3, -0.25) is 14.4 Å². The summed E-state index contributed by atoms with van der Waals surface area (Å²) in [4.78, 5) is 38.2. The molecule has 0 aromatic rings. The van der Waals surface area contributed by atoms with Gasteiger partial charge >= 0.3 is 17.9 Å². The predicted molar refractivity (Wildman–Crippen MR) is 325 cm³/mol. The highest BCUT2D eigenvalue weighted by molar-refractivity contribution is 5.71.